The Balaban J connectivity index is 1.74. The number of hydrogen-bond acceptors (Lipinski definition) is 2. The molecule has 2 aliphatic rings. The fraction of sp³-hybridized carbons (Fsp3) is 1.00. The van der Waals surface area contributed by atoms with Gasteiger partial charge in [0.2, 0.25) is 0 Å². The van der Waals surface area contributed by atoms with E-state index in [0.29, 0.717) is 0 Å². The van der Waals surface area contributed by atoms with Crippen LogP contribution < -0.4 is 5.32 Å². The van der Waals surface area contributed by atoms with E-state index in [0.717, 1.165) is 18.0 Å². The molecule has 0 bridgehead atoms. The van der Waals surface area contributed by atoms with Crippen molar-refractivity contribution in [1.82, 2.24) is 8.43 Å². The quantitative estimate of drug-likeness (QED) is 0.626. The molecule has 0 aromatic heterocycles. The van der Waals surface area contributed by atoms with Gasteiger partial charge in [0, 0.05) is 48.0 Å². The monoisotopic (exact) mass is 280 g/mol. The lowest BCUT2D eigenvalue weighted by atomic mass is 10.0. The third-order valence-electron chi connectivity index (χ3n) is 2.96. The third kappa shape index (κ3) is 2.33. The van der Waals surface area contributed by atoms with Crippen molar-refractivity contribution in [3.05, 3.63) is 0 Å². The van der Waals surface area contributed by atoms with Crippen molar-refractivity contribution in [2.75, 3.05) is 13.1 Å². The van der Waals surface area contributed by atoms with Gasteiger partial charge in [0.05, 0.1) is 0 Å². The summed E-state index contributed by atoms with van der Waals surface area (Å²) in [5, 5.41) is 3.69. The number of nitrogens with one attached hydrogen (secondary N) is 1. The van der Waals surface area contributed by atoms with Crippen LogP contribution in [0.2, 0.25) is 0 Å². The van der Waals surface area contributed by atoms with Crippen LogP contribution in [-0.2, 0) is 0 Å². The number of hydrogen-bond donors (Lipinski definition) is 1. The van der Waals surface area contributed by atoms with E-state index in [1.165, 1.54) is 32.4 Å². The van der Waals surface area contributed by atoms with Gasteiger partial charge >= 0.3 is 0 Å². The SMILES string of the molecule is CC(NC1CC1)C1CCN(I)C1. The largest absolute Gasteiger partial charge is 0.311 e. The van der Waals surface area contributed by atoms with Gasteiger partial charge in [-0.25, -0.2) is 3.11 Å². The standard InChI is InChI=1S/C9H17IN2/c1-7(11-9-2-3-9)8-4-5-12(10)6-8/h7-9,11H,2-6H2,1H3. The van der Waals surface area contributed by atoms with Crippen LogP contribution in [0.25, 0.3) is 0 Å². The summed E-state index contributed by atoms with van der Waals surface area (Å²) in [4.78, 5) is 0. The fourth-order valence-corrected chi connectivity index (χ4v) is 2.69. The van der Waals surface area contributed by atoms with Crippen LogP contribution in [0.5, 0.6) is 0 Å². The number of rotatable bonds is 3. The Bertz CT molecular complexity index is 159. The zero-order valence-corrected chi connectivity index (χ0v) is 9.75. The lowest BCUT2D eigenvalue weighted by molar-refractivity contribution is 0.388. The van der Waals surface area contributed by atoms with Gasteiger partial charge in [-0.2, -0.15) is 0 Å². The molecule has 1 saturated carbocycles. The lowest BCUT2D eigenvalue weighted by Crippen LogP contribution is -2.35. The van der Waals surface area contributed by atoms with Crippen LogP contribution in [0.3, 0.4) is 0 Å². The minimum absolute atomic E-state index is 0.734. The van der Waals surface area contributed by atoms with Crippen molar-refractivity contribution in [3.63, 3.8) is 0 Å². The molecule has 12 heavy (non-hydrogen) atoms. The molecular weight excluding hydrogens is 263 g/mol. The molecule has 0 aromatic rings. The van der Waals surface area contributed by atoms with Gasteiger partial charge in [-0.15, -0.1) is 0 Å². The fourth-order valence-electron chi connectivity index (χ4n) is 1.91. The Kier molecular flexibility index (Phi) is 2.92. The zero-order valence-electron chi connectivity index (χ0n) is 7.59. The van der Waals surface area contributed by atoms with Crippen LogP contribution in [0.4, 0.5) is 0 Å². The van der Waals surface area contributed by atoms with E-state index in [1.54, 1.807) is 0 Å². The van der Waals surface area contributed by atoms with E-state index < -0.39 is 0 Å². The molecule has 2 rings (SSSR count). The minimum Gasteiger partial charge on any atom is -0.311 e. The second kappa shape index (κ2) is 3.80. The first-order chi connectivity index (χ1) is 5.75. The molecule has 0 spiro atoms. The van der Waals surface area contributed by atoms with E-state index in [4.69, 9.17) is 0 Å². The van der Waals surface area contributed by atoms with E-state index >= 15 is 0 Å². The zero-order chi connectivity index (χ0) is 8.55. The third-order valence-corrected chi connectivity index (χ3v) is 3.83. The van der Waals surface area contributed by atoms with Crippen LogP contribution in [0.1, 0.15) is 26.2 Å². The molecule has 2 unspecified atom stereocenters. The summed E-state index contributed by atoms with van der Waals surface area (Å²) < 4.78 is 2.41. The summed E-state index contributed by atoms with van der Waals surface area (Å²) in [7, 11) is 0. The second-order valence-electron chi connectivity index (χ2n) is 4.15. The molecule has 2 fully saturated rings. The summed E-state index contributed by atoms with van der Waals surface area (Å²) in [6, 6.07) is 1.60. The van der Waals surface area contributed by atoms with Crippen molar-refractivity contribution in [2.45, 2.75) is 38.3 Å². The van der Waals surface area contributed by atoms with Crippen LogP contribution in [-0.4, -0.2) is 28.3 Å². The first-order valence-electron chi connectivity index (χ1n) is 4.92. The van der Waals surface area contributed by atoms with Crippen molar-refractivity contribution in [2.24, 2.45) is 5.92 Å². The Hall–Kier alpha value is 0.650. The average Bonchev–Trinajstić information content (AvgIpc) is 2.72. The van der Waals surface area contributed by atoms with E-state index in [1.807, 2.05) is 0 Å². The Labute approximate surface area is 88.6 Å². The predicted octanol–water partition coefficient (Wildman–Crippen LogP) is 1.80. The smallest absolute Gasteiger partial charge is 0.0201 e. The van der Waals surface area contributed by atoms with Crippen LogP contribution >= 0.6 is 22.9 Å². The summed E-state index contributed by atoms with van der Waals surface area (Å²) in [5.74, 6) is 0.891. The molecule has 1 saturated heterocycles. The topological polar surface area (TPSA) is 15.3 Å². The maximum Gasteiger partial charge on any atom is 0.0201 e. The molecular formula is C9H17IN2. The second-order valence-corrected chi connectivity index (χ2v) is 5.51. The number of nitrogens with zero attached hydrogens (tertiary/aromatic N) is 1. The lowest BCUT2D eigenvalue weighted by Gasteiger charge is -2.19. The normalized spacial score (nSPS) is 34.0. The number of halogens is 1. The first-order valence-corrected chi connectivity index (χ1v) is 5.89. The van der Waals surface area contributed by atoms with Gasteiger partial charge in [-0.1, -0.05) is 0 Å². The van der Waals surface area contributed by atoms with E-state index in [2.05, 4.69) is 38.2 Å². The first kappa shape index (κ1) is 9.21. The molecule has 0 aromatic carbocycles. The summed E-state index contributed by atoms with van der Waals surface area (Å²) in [6.07, 6.45) is 4.19. The summed E-state index contributed by atoms with van der Waals surface area (Å²) in [5.41, 5.74) is 0. The van der Waals surface area contributed by atoms with Crippen molar-refractivity contribution < 1.29 is 0 Å². The maximum absolute atomic E-state index is 3.69. The molecule has 0 amide bonds. The molecule has 1 N–H and O–H groups in total. The highest BCUT2D eigenvalue weighted by molar-refractivity contribution is 14.1. The van der Waals surface area contributed by atoms with E-state index in [9.17, 15) is 0 Å². The summed E-state index contributed by atoms with van der Waals surface area (Å²) in [6.45, 7) is 4.90. The highest BCUT2D eigenvalue weighted by atomic mass is 127. The Morgan fingerprint density at radius 1 is 1.42 bits per heavy atom. The Morgan fingerprint density at radius 3 is 2.67 bits per heavy atom. The van der Waals surface area contributed by atoms with Crippen molar-refractivity contribution in [1.29, 1.82) is 0 Å². The van der Waals surface area contributed by atoms with Gasteiger partial charge in [-0.3, -0.25) is 0 Å². The Morgan fingerprint density at radius 2 is 2.17 bits per heavy atom. The summed E-state index contributed by atoms with van der Waals surface area (Å²) >= 11 is 2.44. The molecule has 1 heterocycles. The molecule has 3 heteroatoms. The molecule has 2 atom stereocenters. The molecule has 2 nitrogen and oxygen atoms in total. The van der Waals surface area contributed by atoms with Crippen LogP contribution in [0, 0.1) is 5.92 Å². The highest BCUT2D eigenvalue weighted by Gasteiger charge is 2.30. The maximum atomic E-state index is 3.69. The molecule has 70 valence electrons. The van der Waals surface area contributed by atoms with Gasteiger partial charge in [0.15, 0.2) is 0 Å². The van der Waals surface area contributed by atoms with Gasteiger partial charge in [-0.05, 0) is 32.1 Å². The molecule has 0 radical (unpaired) electrons. The predicted molar refractivity (Wildman–Crippen MR) is 59.3 cm³/mol. The minimum atomic E-state index is 0.734. The van der Waals surface area contributed by atoms with Gasteiger partial charge in [0.1, 0.15) is 0 Å². The van der Waals surface area contributed by atoms with Crippen LogP contribution in [0.15, 0.2) is 0 Å². The van der Waals surface area contributed by atoms with Crippen molar-refractivity contribution in [3.8, 4) is 0 Å². The highest BCUT2D eigenvalue weighted by Crippen LogP contribution is 2.26. The molecule has 1 aliphatic carbocycles. The van der Waals surface area contributed by atoms with Gasteiger partial charge < -0.3 is 5.32 Å². The van der Waals surface area contributed by atoms with E-state index in [-0.39, 0.29) is 0 Å². The molecule has 1 aliphatic heterocycles. The van der Waals surface area contributed by atoms with Crippen molar-refractivity contribution >= 4 is 22.9 Å². The average molecular weight is 280 g/mol. The van der Waals surface area contributed by atoms with Gasteiger partial charge in [0.25, 0.3) is 0 Å².